The van der Waals surface area contributed by atoms with Gasteiger partial charge in [-0.2, -0.15) is 0 Å². The molecule has 1 heterocycles. The Morgan fingerprint density at radius 1 is 1.35 bits per heavy atom. The molecule has 5 nitrogen and oxygen atoms in total. The van der Waals surface area contributed by atoms with E-state index in [0.717, 1.165) is 17.5 Å². The molecule has 0 fully saturated rings. The summed E-state index contributed by atoms with van der Waals surface area (Å²) >= 11 is 0. The van der Waals surface area contributed by atoms with Gasteiger partial charge in [-0.25, -0.2) is 4.79 Å². The van der Waals surface area contributed by atoms with Crippen molar-refractivity contribution in [3.8, 4) is 5.75 Å². The summed E-state index contributed by atoms with van der Waals surface area (Å²) < 4.78 is 11.9. The zero-order valence-electron chi connectivity index (χ0n) is 10.0. The molecule has 0 radical (unpaired) electrons. The van der Waals surface area contributed by atoms with Crippen LogP contribution in [0.1, 0.15) is 6.42 Å². The molecule has 5 heteroatoms. The van der Waals surface area contributed by atoms with Gasteiger partial charge in [-0.3, -0.25) is 4.57 Å². The number of para-hydroxylation sites is 1. The molecule has 0 amide bonds. The molecule has 0 aliphatic carbocycles. The number of fused-ring (bicyclic) bond motifs is 1. The van der Waals surface area contributed by atoms with Crippen LogP contribution in [0.15, 0.2) is 23.0 Å². The van der Waals surface area contributed by atoms with Gasteiger partial charge < -0.3 is 14.5 Å². The van der Waals surface area contributed by atoms with E-state index in [1.54, 1.807) is 18.8 Å². The van der Waals surface area contributed by atoms with Gasteiger partial charge in [0.1, 0.15) is 11.3 Å². The minimum atomic E-state index is -0.111. The molecule has 2 aromatic rings. The molecular weight excluding hydrogens is 220 g/mol. The molecular formula is C12H16N2O3. The first kappa shape index (κ1) is 11.7. The second-order valence-electron chi connectivity index (χ2n) is 3.78. The van der Waals surface area contributed by atoms with Gasteiger partial charge in [0.15, 0.2) is 0 Å². The summed E-state index contributed by atoms with van der Waals surface area (Å²) in [6, 6.07) is 5.61. The largest absolute Gasteiger partial charge is 0.494 e. The molecule has 92 valence electrons. The maximum Gasteiger partial charge on any atom is 0.326 e. The number of aromatic amines is 1. The van der Waals surface area contributed by atoms with Crippen LogP contribution in [-0.2, 0) is 11.3 Å². The van der Waals surface area contributed by atoms with Crippen LogP contribution < -0.4 is 10.4 Å². The lowest BCUT2D eigenvalue weighted by molar-refractivity contribution is 0.190. The van der Waals surface area contributed by atoms with E-state index in [0.29, 0.717) is 18.9 Å². The van der Waals surface area contributed by atoms with Crippen molar-refractivity contribution in [3.05, 3.63) is 28.7 Å². The zero-order valence-corrected chi connectivity index (χ0v) is 10.0. The number of aromatic nitrogens is 2. The van der Waals surface area contributed by atoms with Gasteiger partial charge in [0.2, 0.25) is 0 Å². The molecule has 1 aromatic carbocycles. The molecule has 0 unspecified atom stereocenters. The van der Waals surface area contributed by atoms with Crippen LogP contribution in [-0.4, -0.2) is 30.4 Å². The third-order valence-electron chi connectivity index (χ3n) is 2.72. The van der Waals surface area contributed by atoms with Crippen molar-refractivity contribution in [1.82, 2.24) is 9.55 Å². The van der Waals surface area contributed by atoms with Crippen molar-refractivity contribution < 1.29 is 9.47 Å². The highest BCUT2D eigenvalue weighted by Crippen LogP contribution is 2.22. The lowest BCUT2D eigenvalue weighted by atomic mass is 10.3. The molecule has 2 rings (SSSR count). The van der Waals surface area contributed by atoms with Crippen LogP contribution in [0.2, 0.25) is 0 Å². The number of hydrogen-bond donors (Lipinski definition) is 1. The first-order chi connectivity index (χ1) is 8.27. The van der Waals surface area contributed by atoms with E-state index < -0.39 is 0 Å². The Morgan fingerprint density at radius 2 is 2.18 bits per heavy atom. The summed E-state index contributed by atoms with van der Waals surface area (Å²) in [5.41, 5.74) is 1.50. The fraction of sp³-hybridized carbons (Fsp3) is 0.417. The lowest BCUT2D eigenvalue weighted by Crippen LogP contribution is -2.17. The number of H-pyrrole nitrogens is 1. The van der Waals surface area contributed by atoms with Gasteiger partial charge in [0.05, 0.1) is 12.6 Å². The van der Waals surface area contributed by atoms with Gasteiger partial charge in [-0.05, 0) is 18.6 Å². The van der Waals surface area contributed by atoms with E-state index in [2.05, 4.69) is 4.98 Å². The smallest absolute Gasteiger partial charge is 0.326 e. The summed E-state index contributed by atoms with van der Waals surface area (Å²) in [6.07, 6.45) is 0.806. The van der Waals surface area contributed by atoms with E-state index >= 15 is 0 Å². The minimum absolute atomic E-state index is 0.111. The van der Waals surface area contributed by atoms with Crippen molar-refractivity contribution in [2.24, 2.45) is 0 Å². The van der Waals surface area contributed by atoms with E-state index in [-0.39, 0.29) is 5.69 Å². The summed E-state index contributed by atoms with van der Waals surface area (Å²) in [4.78, 5) is 14.6. The normalized spacial score (nSPS) is 10.9. The van der Waals surface area contributed by atoms with E-state index in [1.165, 1.54) is 0 Å². The molecule has 1 aromatic heterocycles. The highest BCUT2D eigenvalue weighted by atomic mass is 16.5. The quantitative estimate of drug-likeness (QED) is 0.798. The van der Waals surface area contributed by atoms with Gasteiger partial charge in [-0.1, -0.05) is 6.07 Å². The summed E-state index contributed by atoms with van der Waals surface area (Å²) in [5, 5.41) is 0. The summed E-state index contributed by atoms with van der Waals surface area (Å²) in [5.74, 6) is 0.685. The van der Waals surface area contributed by atoms with Crippen molar-refractivity contribution >= 4 is 11.0 Å². The van der Waals surface area contributed by atoms with Crippen LogP contribution >= 0.6 is 0 Å². The second-order valence-corrected chi connectivity index (χ2v) is 3.78. The Labute approximate surface area is 99.0 Å². The standard InChI is InChI=1S/C12H16N2O3/c1-16-8-4-7-14-9-5-3-6-10(17-2)11(9)13-12(14)15/h3,5-6H,4,7-8H2,1-2H3,(H,13,15). The highest BCUT2D eigenvalue weighted by molar-refractivity contribution is 5.81. The van der Waals surface area contributed by atoms with Gasteiger partial charge in [0.25, 0.3) is 0 Å². The lowest BCUT2D eigenvalue weighted by Gasteiger charge is -2.04. The number of nitrogens with one attached hydrogen (secondary N) is 1. The Hall–Kier alpha value is -1.75. The number of hydrogen-bond acceptors (Lipinski definition) is 3. The van der Waals surface area contributed by atoms with Crippen molar-refractivity contribution in [2.75, 3.05) is 20.8 Å². The van der Waals surface area contributed by atoms with Gasteiger partial charge in [-0.15, -0.1) is 0 Å². The third-order valence-corrected chi connectivity index (χ3v) is 2.72. The molecule has 0 saturated heterocycles. The van der Waals surface area contributed by atoms with Gasteiger partial charge >= 0.3 is 5.69 Å². The topological polar surface area (TPSA) is 56.2 Å². The van der Waals surface area contributed by atoms with Crippen LogP contribution in [0.4, 0.5) is 0 Å². The van der Waals surface area contributed by atoms with E-state index in [4.69, 9.17) is 9.47 Å². The molecule has 0 saturated carbocycles. The van der Waals surface area contributed by atoms with E-state index in [1.807, 2.05) is 18.2 Å². The summed E-state index contributed by atoms with van der Waals surface area (Å²) in [7, 11) is 3.25. The number of ether oxygens (including phenoxy) is 2. The van der Waals surface area contributed by atoms with Crippen molar-refractivity contribution in [2.45, 2.75) is 13.0 Å². The van der Waals surface area contributed by atoms with Crippen LogP contribution in [0.25, 0.3) is 11.0 Å². The Kier molecular flexibility index (Phi) is 3.49. The van der Waals surface area contributed by atoms with Crippen molar-refractivity contribution in [1.29, 1.82) is 0 Å². The highest BCUT2D eigenvalue weighted by Gasteiger charge is 2.09. The Bertz CT molecular complexity index is 556. The fourth-order valence-electron chi connectivity index (χ4n) is 1.91. The number of imidazole rings is 1. The van der Waals surface area contributed by atoms with Crippen LogP contribution in [0, 0.1) is 0 Å². The number of nitrogens with zero attached hydrogens (tertiary/aromatic N) is 1. The Morgan fingerprint density at radius 3 is 2.88 bits per heavy atom. The molecule has 0 atom stereocenters. The maximum absolute atomic E-state index is 11.8. The number of aryl methyl sites for hydroxylation is 1. The minimum Gasteiger partial charge on any atom is -0.494 e. The third kappa shape index (κ3) is 2.19. The SMILES string of the molecule is COCCCn1c(=O)[nH]c2c(OC)cccc21. The van der Waals surface area contributed by atoms with E-state index in [9.17, 15) is 4.79 Å². The van der Waals surface area contributed by atoms with Crippen molar-refractivity contribution in [3.63, 3.8) is 0 Å². The molecule has 1 N–H and O–H groups in total. The molecule has 0 spiro atoms. The fourth-order valence-corrected chi connectivity index (χ4v) is 1.91. The predicted octanol–water partition coefficient (Wildman–Crippen LogP) is 1.37. The molecule has 0 bridgehead atoms. The second kappa shape index (κ2) is 5.05. The molecule has 0 aliphatic rings. The molecule has 0 aliphatic heterocycles. The zero-order chi connectivity index (χ0) is 12.3. The molecule has 17 heavy (non-hydrogen) atoms. The number of benzene rings is 1. The first-order valence-electron chi connectivity index (χ1n) is 5.52. The predicted molar refractivity (Wildman–Crippen MR) is 65.6 cm³/mol. The van der Waals surface area contributed by atoms with Crippen LogP contribution in [0.5, 0.6) is 5.75 Å². The average Bonchev–Trinajstić information content (AvgIpc) is 2.66. The monoisotopic (exact) mass is 236 g/mol. The first-order valence-corrected chi connectivity index (χ1v) is 5.52. The maximum atomic E-state index is 11.8. The number of rotatable bonds is 5. The summed E-state index contributed by atoms with van der Waals surface area (Å²) in [6.45, 7) is 1.28. The van der Waals surface area contributed by atoms with Gasteiger partial charge in [0, 0.05) is 20.3 Å². The van der Waals surface area contributed by atoms with Crippen LogP contribution in [0.3, 0.4) is 0 Å². The number of methoxy groups -OCH3 is 2. The average molecular weight is 236 g/mol. The Balaban J connectivity index is 2.42.